The van der Waals surface area contributed by atoms with Crippen molar-refractivity contribution in [3.63, 3.8) is 0 Å². The zero-order valence-corrected chi connectivity index (χ0v) is 15.7. The number of anilines is 2. The van der Waals surface area contributed by atoms with Gasteiger partial charge in [-0.25, -0.2) is 4.98 Å². The molecular formula is C18H24N6O2. The zero-order chi connectivity index (χ0) is 18.8. The van der Waals surface area contributed by atoms with Gasteiger partial charge in [-0.15, -0.1) is 0 Å². The molecule has 0 atom stereocenters. The monoisotopic (exact) mass is 356 g/mol. The van der Waals surface area contributed by atoms with Crippen molar-refractivity contribution in [3.8, 4) is 22.8 Å². The Labute approximate surface area is 152 Å². The Morgan fingerprint density at radius 1 is 1.15 bits per heavy atom. The minimum atomic E-state index is 0.465. The molecule has 0 aliphatic carbocycles. The van der Waals surface area contributed by atoms with Crippen LogP contribution in [0.5, 0.6) is 11.5 Å². The molecule has 138 valence electrons. The number of hydrogen-bond acceptors (Lipinski definition) is 7. The van der Waals surface area contributed by atoms with E-state index in [0.717, 1.165) is 17.5 Å². The van der Waals surface area contributed by atoms with Crippen molar-refractivity contribution in [2.75, 3.05) is 31.8 Å². The van der Waals surface area contributed by atoms with E-state index in [0.29, 0.717) is 40.5 Å². The maximum Gasteiger partial charge on any atom is 0.225 e. The van der Waals surface area contributed by atoms with Crippen molar-refractivity contribution < 1.29 is 9.47 Å². The number of rotatable bonds is 6. The van der Waals surface area contributed by atoms with Crippen molar-refractivity contribution >= 4 is 22.8 Å². The fourth-order valence-electron chi connectivity index (χ4n) is 2.68. The van der Waals surface area contributed by atoms with E-state index in [1.165, 1.54) is 0 Å². The lowest BCUT2D eigenvalue weighted by molar-refractivity contribution is 0.355. The number of nitrogens with zero attached hydrogens (tertiary/aromatic N) is 4. The lowest BCUT2D eigenvalue weighted by Crippen LogP contribution is -2.11. The number of benzene rings is 1. The highest BCUT2D eigenvalue weighted by Gasteiger charge is 2.18. The van der Waals surface area contributed by atoms with Crippen LogP contribution < -0.4 is 20.5 Å². The molecule has 3 rings (SSSR count). The van der Waals surface area contributed by atoms with Crippen LogP contribution in [0.1, 0.15) is 13.8 Å². The van der Waals surface area contributed by atoms with Gasteiger partial charge in [0.15, 0.2) is 17.1 Å². The van der Waals surface area contributed by atoms with E-state index in [2.05, 4.69) is 29.2 Å². The quantitative estimate of drug-likeness (QED) is 0.700. The van der Waals surface area contributed by atoms with E-state index < -0.39 is 0 Å². The Morgan fingerprint density at radius 3 is 2.54 bits per heavy atom. The molecule has 26 heavy (non-hydrogen) atoms. The molecule has 0 radical (unpaired) electrons. The Kier molecular flexibility index (Phi) is 4.83. The highest BCUT2D eigenvalue weighted by Crippen LogP contribution is 2.36. The number of fused-ring (bicyclic) bond motifs is 1. The normalized spacial score (nSPS) is 11.2. The lowest BCUT2D eigenvalue weighted by Gasteiger charge is -2.12. The summed E-state index contributed by atoms with van der Waals surface area (Å²) in [7, 11) is 5.00. The van der Waals surface area contributed by atoms with Crippen LogP contribution in [0.4, 0.5) is 11.8 Å². The van der Waals surface area contributed by atoms with Crippen LogP contribution in [0.25, 0.3) is 22.3 Å². The number of nitrogens with one attached hydrogen (secondary N) is 1. The van der Waals surface area contributed by atoms with Crippen LogP contribution >= 0.6 is 0 Å². The van der Waals surface area contributed by atoms with Gasteiger partial charge in [-0.3, -0.25) is 4.68 Å². The lowest BCUT2D eigenvalue weighted by atomic mass is 10.1. The van der Waals surface area contributed by atoms with Gasteiger partial charge in [-0.2, -0.15) is 10.1 Å². The summed E-state index contributed by atoms with van der Waals surface area (Å²) < 4.78 is 12.3. The molecule has 0 saturated heterocycles. The fourth-order valence-corrected chi connectivity index (χ4v) is 2.68. The molecule has 0 saturated carbocycles. The molecule has 0 aliphatic heterocycles. The molecule has 2 aromatic heterocycles. The van der Waals surface area contributed by atoms with Gasteiger partial charge in [0.1, 0.15) is 5.82 Å². The number of hydrogen-bond donors (Lipinski definition) is 2. The Morgan fingerprint density at radius 2 is 1.88 bits per heavy atom. The Balaban J connectivity index is 2.19. The first-order valence-electron chi connectivity index (χ1n) is 8.41. The van der Waals surface area contributed by atoms with E-state index in [1.807, 2.05) is 18.2 Å². The molecule has 0 aliphatic rings. The van der Waals surface area contributed by atoms with E-state index in [-0.39, 0.29) is 0 Å². The van der Waals surface area contributed by atoms with E-state index in [4.69, 9.17) is 20.2 Å². The zero-order valence-electron chi connectivity index (χ0n) is 15.7. The third-order valence-corrected chi connectivity index (χ3v) is 4.06. The summed E-state index contributed by atoms with van der Waals surface area (Å²) in [5.74, 6) is 2.77. The molecule has 2 heterocycles. The van der Waals surface area contributed by atoms with Crippen LogP contribution in [0.2, 0.25) is 0 Å². The number of ether oxygens (including phenoxy) is 2. The largest absolute Gasteiger partial charge is 0.493 e. The van der Waals surface area contributed by atoms with E-state index in [1.54, 1.807) is 25.9 Å². The Bertz CT molecular complexity index is 935. The first-order chi connectivity index (χ1) is 12.4. The van der Waals surface area contributed by atoms with Gasteiger partial charge in [-0.1, -0.05) is 13.8 Å². The molecule has 8 nitrogen and oxygen atoms in total. The minimum absolute atomic E-state index is 0.465. The summed E-state index contributed by atoms with van der Waals surface area (Å²) in [6, 6.07) is 5.64. The van der Waals surface area contributed by atoms with Crippen LogP contribution in [0, 0.1) is 5.92 Å². The number of methoxy groups -OCH3 is 2. The number of nitrogens with two attached hydrogens (primary N) is 1. The second kappa shape index (κ2) is 7.07. The highest BCUT2D eigenvalue weighted by atomic mass is 16.5. The first kappa shape index (κ1) is 17.8. The van der Waals surface area contributed by atoms with Gasteiger partial charge in [-0.05, 0) is 24.1 Å². The predicted molar refractivity (Wildman–Crippen MR) is 103 cm³/mol. The van der Waals surface area contributed by atoms with Gasteiger partial charge in [0.2, 0.25) is 5.95 Å². The molecule has 0 bridgehead atoms. The van der Waals surface area contributed by atoms with Gasteiger partial charge in [0.05, 0.1) is 25.3 Å². The van der Waals surface area contributed by atoms with Crippen molar-refractivity contribution in [1.29, 1.82) is 0 Å². The minimum Gasteiger partial charge on any atom is -0.493 e. The average molecular weight is 356 g/mol. The summed E-state index contributed by atoms with van der Waals surface area (Å²) >= 11 is 0. The van der Waals surface area contributed by atoms with Crippen molar-refractivity contribution in [3.05, 3.63) is 18.2 Å². The molecule has 0 fully saturated rings. The maximum atomic E-state index is 6.22. The van der Waals surface area contributed by atoms with Crippen LogP contribution in [0.3, 0.4) is 0 Å². The van der Waals surface area contributed by atoms with Crippen molar-refractivity contribution in [2.45, 2.75) is 13.8 Å². The SMILES string of the molecule is COc1ccc(-c2nc(NCC(C)C)nc3nn(C)c(N)c23)cc1OC. The fraction of sp³-hybridized carbons (Fsp3) is 0.389. The van der Waals surface area contributed by atoms with Crippen molar-refractivity contribution in [2.24, 2.45) is 13.0 Å². The third-order valence-electron chi connectivity index (χ3n) is 4.06. The summed E-state index contributed by atoms with van der Waals surface area (Å²) in [6.45, 7) is 5.01. The van der Waals surface area contributed by atoms with Crippen LogP contribution in [-0.2, 0) is 7.05 Å². The average Bonchev–Trinajstić information content (AvgIpc) is 2.92. The smallest absolute Gasteiger partial charge is 0.225 e. The van der Waals surface area contributed by atoms with Crippen LogP contribution in [0.15, 0.2) is 18.2 Å². The van der Waals surface area contributed by atoms with E-state index >= 15 is 0 Å². The number of aromatic nitrogens is 4. The number of aryl methyl sites for hydroxylation is 1. The van der Waals surface area contributed by atoms with Gasteiger partial charge < -0.3 is 20.5 Å². The van der Waals surface area contributed by atoms with Gasteiger partial charge in [0, 0.05) is 19.2 Å². The van der Waals surface area contributed by atoms with Gasteiger partial charge >= 0.3 is 0 Å². The third kappa shape index (κ3) is 3.22. The highest BCUT2D eigenvalue weighted by molar-refractivity contribution is 5.99. The molecule has 1 aromatic carbocycles. The van der Waals surface area contributed by atoms with Crippen molar-refractivity contribution in [1.82, 2.24) is 19.7 Å². The molecule has 3 aromatic rings. The molecule has 0 spiro atoms. The molecule has 3 N–H and O–H groups in total. The predicted octanol–water partition coefficient (Wildman–Crippen LogP) is 2.70. The maximum absolute atomic E-state index is 6.22. The Hall–Kier alpha value is -3.03. The summed E-state index contributed by atoms with van der Waals surface area (Å²) in [4.78, 5) is 9.20. The summed E-state index contributed by atoms with van der Waals surface area (Å²) in [5, 5.41) is 8.38. The van der Waals surface area contributed by atoms with Crippen LogP contribution in [-0.4, -0.2) is 40.5 Å². The second-order valence-electron chi connectivity index (χ2n) is 6.45. The molecular weight excluding hydrogens is 332 g/mol. The number of nitrogen functional groups attached to an aromatic ring is 1. The summed E-state index contributed by atoms with van der Waals surface area (Å²) in [6.07, 6.45) is 0. The molecule has 8 heteroatoms. The molecule has 0 unspecified atom stereocenters. The topological polar surface area (TPSA) is 100 Å². The first-order valence-corrected chi connectivity index (χ1v) is 8.41. The summed E-state index contributed by atoms with van der Waals surface area (Å²) in [5.41, 5.74) is 8.32. The van der Waals surface area contributed by atoms with Gasteiger partial charge in [0.25, 0.3) is 0 Å². The second-order valence-corrected chi connectivity index (χ2v) is 6.45. The van der Waals surface area contributed by atoms with E-state index in [9.17, 15) is 0 Å². The molecule has 0 amide bonds. The standard InChI is InChI=1S/C18H24N6O2/c1-10(2)9-20-18-21-15(14-16(19)24(3)23-17(14)22-18)11-6-7-12(25-4)13(8-11)26-5/h6-8,10H,9,19H2,1-5H3,(H,20,22,23).